The van der Waals surface area contributed by atoms with Gasteiger partial charge < -0.3 is 10.4 Å². The van der Waals surface area contributed by atoms with E-state index in [2.05, 4.69) is 12.2 Å². The minimum Gasteiger partial charge on any atom is -0.396 e. The van der Waals surface area contributed by atoms with Crippen molar-refractivity contribution in [3.05, 3.63) is 35.4 Å². The molecule has 3 heteroatoms. The number of rotatable bonds is 4. The van der Waals surface area contributed by atoms with Crippen molar-refractivity contribution in [2.45, 2.75) is 45.1 Å². The number of aliphatic hydroxyl groups excluding tert-OH is 1. The first-order valence-corrected chi connectivity index (χ1v) is 7.26. The smallest absolute Gasteiger partial charge is 0.251 e. The van der Waals surface area contributed by atoms with E-state index in [1.807, 2.05) is 24.3 Å². The van der Waals surface area contributed by atoms with Crippen LogP contribution in [0.4, 0.5) is 0 Å². The monoisotopic (exact) mass is 261 g/mol. The summed E-state index contributed by atoms with van der Waals surface area (Å²) in [7, 11) is 0. The molecule has 19 heavy (non-hydrogen) atoms. The lowest BCUT2D eigenvalue weighted by molar-refractivity contribution is 0.0871. The number of aliphatic hydroxyl groups is 1. The summed E-state index contributed by atoms with van der Waals surface area (Å²) in [5.74, 6) is 0.217. The zero-order valence-electron chi connectivity index (χ0n) is 11.6. The van der Waals surface area contributed by atoms with E-state index in [0.717, 1.165) is 43.2 Å². The Labute approximate surface area is 115 Å². The third kappa shape index (κ3) is 3.35. The molecular formula is C16H23NO2. The van der Waals surface area contributed by atoms with Crippen molar-refractivity contribution in [3.8, 4) is 0 Å². The van der Waals surface area contributed by atoms with Gasteiger partial charge in [-0.3, -0.25) is 4.79 Å². The highest BCUT2D eigenvalue weighted by atomic mass is 16.3. The van der Waals surface area contributed by atoms with Gasteiger partial charge in [0.1, 0.15) is 0 Å². The standard InChI is InChI=1S/C16H23NO2/c1-2-12-7-3-5-9-14(12)16(19)17-15-10-6-4-8-13(15)11-18/h3,5,7,9,13,15,18H,2,4,6,8,10-11H2,1H3,(H,17,19). The third-order valence-electron chi connectivity index (χ3n) is 4.10. The summed E-state index contributed by atoms with van der Waals surface area (Å²) < 4.78 is 0. The van der Waals surface area contributed by atoms with Crippen molar-refractivity contribution in [1.29, 1.82) is 0 Å². The molecule has 1 aromatic carbocycles. The SMILES string of the molecule is CCc1ccccc1C(=O)NC1CCCCC1CO. The first-order valence-electron chi connectivity index (χ1n) is 7.26. The summed E-state index contributed by atoms with van der Waals surface area (Å²) in [5.41, 5.74) is 1.85. The van der Waals surface area contributed by atoms with Crippen LogP contribution in [0.3, 0.4) is 0 Å². The minimum atomic E-state index is 0.00259. The normalized spacial score (nSPS) is 23.1. The Hall–Kier alpha value is -1.35. The predicted molar refractivity (Wildman–Crippen MR) is 76.1 cm³/mol. The molecule has 0 aliphatic heterocycles. The zero-order valence-corrected chi connectivity index (χ0v) is 11.6. The zero-order chi connectivity index (χ0) is 13.7. The van der Waals surface area contributed by atoms with E-state index in [0.29, 0.717) is 0 Å². The summed E-state index contributed by atoms with van der Waals surface area (Å²) >= 11 is 0. The van der Waals surface area contributed by atoms with Crippen LogP contribution in [0, 0.1) is 5.92 Å². The Morgan fingerprint density at radius 1 is 1.32 bits per heavy atom. The molecule has 1 amide bonds. The first kappa shape index (κ1) is 14.1. The van der Waals surface area contributed by atoms with Crippen LogP contribution in [0.1, 0.15) is 48.5 Å². The molecule has 2 rings (SSSR count). The molecule has 0 saturated heterocycles. The molecule has 2 atom stereocenters. The van der Waals surface area contributed by atoms with Gasteiger partial charge in [-0.05, 0) is 30.9 Å². The van der Waals surface area contributed by atoms with Gasteiger partial charge in [0.05, 0.1) is 0 Å². The highest BCUT2D eigenvalue weighted by molar-refractivity contribution is 5.95. The number of hydrogen-bond donors (Lipinski definition) is 2. The fraction of sp³-hybridized carbons (Fsp3) is 0.562. The fourth-order valence-corrected chi connectivity index (χ4v) is 2.91. The van der Waals surface area contributed by atoms with Gasteiger partial charge in [0.2, 0.25) is 0 Å². The van der Waals surface area contributed by atoms with Crippen molar-refractivity contribution in [2.75, 3.05) is 6.61 Å². The van der Waals surface area contributed by atoms with Crippen LogP contribution in [0.5, 0.6) is 0 Å². The van der Waals surface area contributed by atoms with Crippen molar-refractivity contribution in [1.82, 2.24) is 5.32 Å². The lowest BCUT2D eigenvalue weighted by Crippen LogP contribution is -2.43. The molecule has 1 aliphatic rings. The van der Waals surface area contributed by atoms with E-state index >= 15 is 0 Å². The number of hydrogen-bond acceptors (Lipinski definition) is 2. The topological polar surface area (TPSA) is 49.3 Å². The van der Waals surface area contributed by atoms with Gasteiger partial charge in [-0.1, -0.05) is 38.0 Å². The summed E-state index contributed by atoms with van der Waals surface area (Å²) in [6.45, 7) is 2.23. The second-order valence-electron chi connectivity index (χ2n) is 5.32. The Balaban J connectivity index is 2.07. The Morgan fingerprint density at radius 3 is 2.79 bits per heavy atom. The van der Waals surface area contributed by atoms with E-state index in [1.54, 1.807) is 0 Å². The van der Waals surface area contributed by atoms with Crippen LogP contribution in [-0.2, 0) is 6.42 Å². The maximum absolute atomic E-state index is 12.4. The maximum atomic E-state index is 12.4. The largest absolute Gasteiger partial charge is 0.396 e. The predicted octanol–water partition coefficient (Wildman–Crippen LogP) is 2.53. The molecule has 0 spiro atoms. The molecule has 0 heterocycles. The summed E-state index contributed by atoms with van der Waals surface area (Å²) in [4.78, 5) is 12.4. The first-order chi connectivity index (χ1) is 9.26. The molecule has 1 aromatic rings. The molecular weight excluding hydrogens is 238 g/mol. The van der Waals surface area contributed by atoms with E-state index in [9.17, 15) is 9.90 Å². The number of carbonyl (C=O) groups excluding carboxylic acids is 1. The van der Waals surface area contributed by atoms with E-state index < -0.39 is 0 Å². The molecule has 0 bridgehead atoms. The second kappa shape index (κ2) is 6.71. The lowest BCUT2D eigenvalue weighted by Gasteiger charge is -2.31. The third-order valence-corrected chi connectivity index (χ3v) is 4.10. The quantitative estimate of drug-likeness (QED) is 0.875. The van der Waals surface area contributed by atoms with Crippen molar-refractivity contribution >= 4 is 5.91 Å². The number of benzene rings is 1. The summed E-state index contributed by atoms with van der Waals surface area (Å²) in [5, 5.41) is 12.5. The molecule has 1 fully saturated rings. The van der Waals surface area contributed by atoms with Gasteiger partial charge in [0.15, 0.2) is 0 Å². The number of nitrogens with one attached hydrogen (secondary N) is 1. The number of carbonyl (C=O) groups is 1. The molecule has 2 N–H and O–H groups in total. The number of aryl methyl sites for hydroxylation is 1. The second-order valence-corrected chi connectivity index (χ2v) is 5.32. The van der Waals surface area contributed by atoms with Crippen LogP contribution in [0.25, 0.3) is 0 Å². The van der Waals surface area contributed by atoms with Crippen LogP contribution in [0.2, 0.25) is 0 Å². The van der Waals surface area contributed by atoms with Crippen molar-refractivity contribution in [2.24, 2.45) is 5.92 Å². The Kier molecular flexibility index (Phi) is 4.97. The average molecular weight is 261 g/mol. The van der Waals surface area contributed by atoms with Crippen LogP contribution in [0.15, 0.2) is 24.3 Å². The van der Waals surface area contributed by atoms with Gasteiger partial charge in [0, 0.05) is 24.1 Å². The summed E-state index contributed by atoms with van der Waals surface area (Å²) in [6, 6.07) is 7.87. The Morgan fingerprint density at radius 2 is 2.05 bits per heavy atom. The molecule has 3 nitrogen and oxygen atoms in total. The molecule has 0 aromatic heterocycles. The molecule has 1 saturated carbocycles. The molecule has 104 valence electrons. The fourth-order valence-electron chi connectivity index (χ4n) is 2.91. The van der Waals surface area contributed by atoms with Crippen LogP contribution >= 0.6 is 0 Å². The average Bonchev–Trinajstić information content (AvgIpc) is 2.47. The highest BCUT2D eigenvalue weighted by Gasteiger charge is 2.26. The molecule has 1 aliphatic carbocycles. The van der Waals surface area contributed by atoms with Gasteiger partial charge in [-0.25, -0.2) is 0 Å². The van der Waals surface area contributed by atoms with E-state index in [4.69, 9.17) is 0 Å². The van der Waals surface area contributed by atoms with Crippen molar-refractivity contribution in [3.63, 3.8) is 0 Å². The highest BCUT2D eigenvalue weighted by Crippen LogP contribution is 2.24. The van der Waals surface area contributed by atoms with Crippen LogP contribution < -0.4 is 5.32 Å². The Bertz CT molecular complexity index is 431. The van der Waals surface area contributed by atoms with Gasteiger partial charge >= 0.3 is 0 Å². The van der Waals surface area contributed by atoms with Crippen LogP contribution in [-0.4, -0.2) is 23.7 Å². The summed E-state index contributed by atoms with van der Waals surface area (Å²) in [6.07, 6.45) is 5.14. The van der Waals surface area contributed by atoms with E-state index in [1.165, 1.54) is 0 Å². The van der Waals surface area contributed by atoms with E-state index in [-0.39, 0.29) is 24.5 Å². The van der Waals surface area contributed by atoms with Crippen molar-refractivity contribution < 1.29 is 9.90 Å². The minimum absolute atomic E-state index is 0.00259. The van der Waals surface area contributed by atoms with Gasteiger partial charge in [-0.2, -0.15) is 0 Å². The van der Waals surface area contributed by atoms with Gasteiger partial charge in [-0.15, -0.1) is 0 Å². The lowest BCUT2D eigenvalue weighted by atomic mass is 9.85. The number of amides is 1. The molecule has 2 unspecified atom stereocenters. The van der Waals surface area contributed by atoms with Gasteiger partial charge in [0.25, 0.3) is 5.91 Å². The maximum Gasteiger partial charge on any atom is 0.251 e. The molecule has 0 radical (unpaired) electrons.